The maximum Gasteiger partial charge on any atom is 0.323 e. The van der Waals surface area contributed by atoms with Crippen molar-refractivity contribution >= 4 is 39.0 Å². The van der Waals surface area contributed by atoms with Gasteiger partial charge >= 0.3 is 6.03 Å². The van der Waals surface area contributed by atoms with Crippen molar-refractivity contribution in [3.63, 3.8) is 0 Å². The molecule has 41 heavy (non-hydrogen) atoms. The van der Waals surface area contributed by atoms with Gasteiger partial charge in [-0.1, -0.05) is 0 Å². The maximum atomic E-state index is 15.0. The zero-order valence-electron chi connectivity index (χ0n) is 22.1. The van der Waals surface area contributed by atoms with Crippen molar-refractivity contribution in [3.8, 4) is 11.5 Å². The number of nitrogens with zero attached hydrogens (tertiary/aromatic N) is 2. The number of carbonyl (C=O) groups is 1. The van der Waals surface area contributed by atoms with Gasteiger partial charge in [0.25, 0.3) is 0 Å². The van der Waals surface area contributed by atoms with Gasteiger partial charge < -0.3 is 35.6 Å². The van der Waals surface area contributed by atoms with Gasteiger partial charge in [-0.05, 0) is 30.3 Å². The molecule has 0 spiro atoms. The number of hydrogen-bond donors (Lipinski definition) is 4. The zero-order chi connectivity index (χ0) is 28.9. The van der Waals surface area contributed by atoms with Gasteiger partial charge in [0.1, 0.15) is 23.5 Å². The number of thiophene rings is 1. The number of methoxy groups -OCH3 is 1. The van der Waals surface area contributed by atoms with Crippen molar-refractivity contribution < 1.29 is 27.4 Å². The average molecular weight is 585 g/mol. The van der Waals surface area contributed by atoms with Crippen LogP contribution in [0.2, 0.25) is 0 Å². The number of halogens is 3. The van der Waals surface area contributed by atoms with Gasteiger partial charge in [-0.2, -0.15) is 0 Å². The molecule has 214 valence electrons. The Morgan fingerprint density at radius 3 is 2.73 bits per heavy atom. The summed E-state index contributed by atoms with van der Waals surface area (Å²) in [6, 6.07) is 9.31. The Labute approximate surface area is 238 Å². The molecule has 13 heteroatoms. The van der Waals surface area contributed by atoms with Crippen LogP contribution in [0.3, 0.4) is 0 Å². The molecule has 0 saturated carbocycles. The Bertz CT molecular complexity index is 1600. The average Bonchev–Trinajstić information content (AvgIpc) is 3.54. The van der Waals surface area contributed by atoms with Crippen LogP contribution in [0.1, 0.15) is 11.0 Å². The van der Waals surface area contributed by atoms with Gasteiger partial charge in [0, 0.05) is 69.2 Å². The number of likely N-dealkylation sites (N-methyl/N-ethyl adjacent to an activating group) is 1. The summed E-state index contributed by atoms with van der Waals surface area (Å²) in [4.78, 5) is 19.8. The number of hydrogen-bond acceptors (Lipinski definition) is 8. The van der Waals surface area contributed by atoms with Crippen molar-refractivity contribution in [1.29, 1.82) is 0 Å². The number of amides is 2. The standard InChI is InChI=1S/C28H27F3N6O3S/c1-37-18(14-32-9-10-39-2)15-34-27(37)25-13-22-26(41-25)24(7-8-33-22)40-23-6-4-17(12-20(23)31)35-28(38)36-21-11-16(29)3-5-19(21)30/h3-8,11-13,15,27,32,34H,9-10,14H2,1-2H3,(H2,35,36,38). The molecule has 0 radical (unpaired) electrons. The minimum absolute atomic E-state index is 0.0585. The number of rotatable bonds is 10. The van der Waals surface area contributed by atoms with Gasteiger partial charge in [-0.3, -0.25) is 4.98 Å². The molecule has 0 saturated heterocycles. The molecule has 0 fully saturated rings. The summed E-state index contributed by atoms with van der Waals surface area (Å²) in [7, 11) is 3.67. The van der Waals surface area contributed by atoms with Crippen molar-refractivity contribution in [1.82, 2.24) is 20.5 Å². The topological polar surface area (TPSA) is 99.8 Å². The molecule has 5 rings (SSSR count). The lowest BCUT2D eigenvalue weighted by Gasteiger charge is -2.24. The number of carbonyl (C=O) groups excluding carboxylic acids is 1. The summed E-state index contributed by atoms with van der Waals surface area (Å²) in [6.07, 6.45) is 3.47. The minimum Gasteiger partial charge on any atom is -0.453 e. The molecule has 1 atom stereocenters. The third-order valence-electron chi connectivity index (χ3n) is 6.29. The summed E-state index contributed by atoms with van der Waals surface area (Å²) >= 11 is 1.49. The Kier molecular flexibility index (Phi) is 8.57. The highest BCUT2D eigenvalue weighted by Crippen LogP contribution is 2.39. The van der Waals surface area contributed by atoms with Crippen LogP contribution in [0.4, 0.5) is 29.3 Å². The van der Waals surface area contributed by atoms with Crippen LogP contribution in [0.25, 0.3) is 10.2 Å². The van der Waals surface area contributed by atoms with E-state index in [4.69, 9.17) is 9.47 Å². The lowest BCUT2D eigenvalue weighted by atomic mass is 10.2. The van der Waals surface area contributed by atoms with E-state index in [9.17, 15) is 18.0 Å². The van der Waals surface area contributed by atoms with E-state index in [1.165, 1.54) is 23.5 Å². The van der Waals surface area contributed by atoms with Crippen molar-refractivity contribution in [3.05, 3.63) is 89.0 Å². The van der Waals surface area contributed by atoms with E-state index in [2.05, 4.69) is 31.2 Å². The molecule has 1 aliphatic rings. The SMILES string of the molecule is COCCNCC1=CNC(c2cc3nccc(Oc4ccc(NC(=O)Nc5cc(F)ccc5F)cc4F)c3s2)N1C. The van der Waals surface area contributed by atoms with E-state index in [1.807, 2.05) is 19.3 Å². The first-order valence-corrected chi connectivity index (χ1v) is 13.4. The van der Waals surface area contributed by atoms with Gasteiger partial charge in [-0.25, -0.2) is 18.0 Å². The molecule has 2 aromatic heterocycles. The summed E-state index contributed by atoms with van der Waals surface area (Å²) in [6.45, 7) is 2.06. The number of anilines is 2. The van der Waals surface area contributed by atoms with E-state index >= 15 is 0 Å². The van der Waals surface area contributed by atoms with Gasteiger partial charge in [0.15, 0.2) is 11.6 Å². The second kappa shape index (κ2) is 12.5. The number of urea groups is 1. The van der Waals surface area contributed by atoms with E-state index in [1.54, 1.807) is 19.4 Å². The van der Waals surface area contributed by atoms with Crippen LogP contribution in [-0.4, -0.2) is 49.8 Å². The second-order valence-electron chi connectivity index (χ2n) is 9.11. The Morgan fingerprint density at radius 1 is 1.07 bits per heavy atom. The largest absolute Gasteiger partial charge is 0.453 e. The lowest BCUT2D eigenvalue weighted by molar-refractivity contribution is 0.199. The van der Waals surface area contributed by atoms with Crippen LogP contribution >= 0.6 is 11.3 Å². The van der Waals surface area contributed by atoms with Crippen LogP contribution in [0.5, 0.6) is 11.5 Å². The number of ether oxygens (including phenoxy) is 2. The van der Waals surface area contributed by atoms with Crippen LogP contribution < -0.4 is 26.0 Å². The molecule has 4 N–H and O–H groups in total. The first kappa shape index (κ1) is 28.2. The Balaban J connectivity index is 1.26. The molecular formula is C28H27F3N6O3S. The van der Waals surface area contributed by atoms with Crippen molar-refractivity contribution in [2.75, 3.05) is 44.5 Å². The van der Waals surface area contributed by atoms with E-state index < -0.39 is 23.5 Å². The molecule has 4 aromatic rings. The van der Waals surface area contributed by atoms with Gasteiger partial charge in [-0.15, -0.1) is 11.3 Å². The molecule has 2 aromatic carbocycles. The zero-order valence-corrected chi connectivity index (χ0v) is 22.9. The Morgan fingerprint density at radius 2 is 1.93 bits per heavy atom. The fourth-order valence-corrected chi connectivity index (χ4v) is 5.37. The third-order valence-corrected chi connectivity index (χ3v) is 7.48. The monoisotopic (exact) mass is 584 g/mol. The van der Waals surface area contributed by atoms with Gasteiger partial charge in [0.05, 0.1) is 27.4 Å². The van der Waals surface area contributed by atoms with Crippen LogP contribution in [0.15, 0.2) is 66.6 Å². The maximum absolute atomic E-state index is 15.0. The van der Waals surface area contributed by atoms with Crippen LogP contribution in [-0.2, 0) is 4.74 Å². The second-order valence-corrected chi connectivity index (χ2v) is 10.2. The van der Waals surface area contributed by atoms with E-state index in [0.717, 1.165) is 46.1 Å². The number of pyridine rings is 1. The summed E-state index contributed by atoms with van der Waals surface area (Å²) in [5.41, 5.74) is 1.56. The quantitative estimate of drug-likeness (QED) is 0.176. The van der Waals surface area contributed by atoms with Crippen molar-refractivity contribution in [2.24, 2.45) is 0 Å². The minimum atomic E-state index is -0.863. The molecule has 3 heterocycles. The first-order chi connectivity index (χ1) is 19.8. The van der Waals surface area contributed by atoms with E-state index in [0.29, 0.717) is 24.4 Å². The van der Waals surface area contributed by atoms with Gasteiger partial charge in [0.2, 0.25) is 0 Å². The highest BCUT2D eigenvalue weighted by Gasteiger charge is 2.26. The molecule has 0 bridgehead atoms. The molecule has 1 unspecified atom stereocenters. The highest BCUT2D eigenvalue weighted by atomic mass is 32.1. The smallest absolute Gasteiger partial charge is 0.323 e. The number of benzene rings is 2. The highest BCUT2D eigenvalue weighted by molar-refractivity contribution is 7.19. The number of aromatic nitrogens is 1. The number of nitrogens with one attached hydrogen (secondary N) is 4. The van der Waals surface area contributed by atoms with E-state index in [-0.39, 0.29) is 23.3 Å². The normalized spacial score (nSPS) is 14.6. The summed E-state index contributed by atoms with van der Waals surface area (Å²) in [5, 5.41) is 11.3. The fourth-order valence-electron chi connectivity index (χ4n) is 4.20. The molecule has 0 aliphatic carbocycles. The van der Waals surface area contributed by atoms with Crippen LogP contribution in [0, 0.1) is 17.5 Å². The fraction of sp³-hybridized carbons (Fsp3) is 0.214. The first-order valence-electron chi connectivity index (χ1n) is 12.6. The molecule has 2 amide bonds. The molecule has 1 aliphatic heterocycles. The summed E-state index contributed by atoms with van der Waals surface area (Å²) in [5.74, 6) is -1.87. The predicted molar refractivity (Wildman–Crippen MR) is 152 cm³/mol. The lowest BCUT2D eigenvalue weighted by Crippen LogP contribution is -2.30. The summed E-state index contributed by atoms with van der Waals surface area (Å²) < 4.78 is 53.9. The number of fused-ring (bicyclic) bond motifs is 1. The third kappa shape index (κ3) is 6.53. The molecule has 9 nitrogen and oxygen atoms in total. The van der Waals surface area contributed by atoms with Crippen molar-refractivity contribution in [2.45, 2.75) is 6.17 Å². The molecular weight excluding hydrogens is 557 g/mol. The predicted octanol–water partition coefficient (Wildman–Crippen LogP) is 5.76. The Hall–Kier alpha value is -4.33.